The van der Waals surface area contributed by atoms with Gasteiger partial charge in [-0.1, -0.05) is 77.5 Å². The van der Waals surface area contributed by atoms with Gasteiger partial charge in [0, 0.05) is 4.47 Å². The van der Waals surface area contributed by atoms with Crippen molar-refractivity contribution < 1.29 is 9.31 Å². The van der Waals surface area contributed by atoms with Crippen molar-refractivity contribution in [3.63, 3.8) is 0 Å². The topological polar surface area (TPSA) is 18.5 Å². The van der Waals surface area contributed by atoms with Gasteiger partial charge in [0.25, 0.3) is 0 Å². The summed E-state index contributed by atoms with van der Waals surface area (Å²) in [4.78, 5) is 0. The van der Waals surface area contributed by atoms with E-state index in [4.69, 9.17) is 9.31 Å². The summed E-state index contributed by atoms with van der Waals surface area (Å²) >= 11 is 3.49. The van der Waals surface area contributed by atoms with E-state index in [0.29, 0.717) is 0 Å². The predicted molar refractivity (Wildman–Crippen MR) is 128 cm³/mol. The highest BCUT2D eigenvalue weighted by atomic mass is 79.9. The maximum Gasteiger partial charge on any atom is 0.490 e. The van der Waals surface area contributed by atoms with Crippen molar-refractivity contribution in [2.24, 2.45) is 0 Å². The lowest BCUT2D eigenvalue weighted by Gasteiger charge is -2.32. The fourth-order valence-electron chi connectivity index (χ4n) is 3.47. The van der Waals surface area contributed by atoms with Crippen LogP contribution in [0.2, 0.25) is 0 Å². The minimum atomic E-state index is -0.340. The molecule has 0 atom stereocenters. The summed E-state index contributed by atoms with van der Waals surface area (Å²) in [6, 6.07) is 18.9. The Bertz CT molecular complexity index is 867. The van der Waals surface area contributed by atoms with Gasteiger partial charge in [-0.25, -0.2) is 0 Å². The van der Waals surface area contributed by atoms with Crippen molar-refractivity contribution in [2.75, 3.05) is 0 Å². The summed E-state index contributed by atoms with van der Waals surface area (Å²) < 4.78 is 13.9. The van der Waals surface area contributed by atoms with Gasteiger partial charge in [0.2, 0.25) is 0 Å². The molecule has 1 fully saturated rings. The van der Waals surface area contributed by atoms with Gasteiger partial charge in [0.05, 0.1) is 11.2 Å². The predicted octanol–water partition coefficient (Wildman–Crippen LogP) is 7.35. The molecule has 0 spiro atoms. The van der Waals surface area contributed by atoms with Gasteiger partial charge in [-0.2, -0.15) is 0 Å². The molecule has 152 valence electrons. The second-order valence-electron chi connectivity index (χ2n) is 8.47. The highest BCUT2D eigenvalue weighted by Gasteiger charge is 2.52. The van der Waals surface area contributed by atoms with E-state index < -0.39 is 0 Å². The Labute approximate surface area is 184 Å². The van der Waals surface area contributed by atoms with Gasteiger partial charge in [-0.15, -0.1) is 0 Å². The summed E-state index contributed by atoms with van der Waals surface area (Å²) in [5.74, 6) is 0. The van der Waals surface area contributed by atoms with Crippen LogP contribution in [0.3, 0.4) is 0 Å². The van der Waals surface area contributed by atoms with E-state index in [0.717, 1.165) is 17.3 Å². The average molecular weight is 453 g/mol. The first-order valence-electron chi connectivity index (χ1n) is 10.3. The van der Waals surface area contributed by atoms with Crippen molar-refractivity contribution in [3.05, 3.63) is 81.7 Å². The Kier molecular flexibility index (Phi) is 6.88. The first kappa shape index (κ1) is 22.1. The number of rotatable bonds is 6. The van der Waals surface area contributed by atoms with Crippen LogP contribution >= 0.6 is 15.9 Å². The standard InChI is InChI=1S/C25H30BBrO2/c1-6-23(26-28-24(2,3)25(4,5)29-26)22(20-12-8-7-9-13-20)14-10-11-19-15-17-21(27)18-16-19/h7-13,15-18H,6,14H2,1-5H3/b11-10+,23-22+. The second-order valence-corrected chi connectivity index (χ2v) is 9.39. The van der Waals surface area contributed by atoms with Crippen LogP contribution in [0.4, 0.5) is 0 Å². The highest BCUT2D eigenvalue weighted by Crippen LogP contribution is 2.41. The van der Waals surface area contributed by atoms with Crippen LogP contribution in [0.15, 0.2) is 70.6 Å². The van der Waals surface area contributed by atoms with Gasteiger partial charge in [0.15, 0.2) is 0 Å². The molecule has 2 aromatic rings. The normalized spacial score (nSPS) is 18.9. The second kappa shape index (κ2) is 9.03. The average Bonchev–Trinajstić information content (AvgIpc) is 2.90. The molecule has 3 rings (SSSR count). The molecule has 1 aliphatic heterocycles. The van der Waals surface area contributed by atoms with E-state index >= 15 is 0 Å². The number of hydrogen-bond acceptors (Lipinski definition) is 2. The number of hydrogen-bond donors (Lipinski definition) is 0. The van der Waals surface area contributed by atoms with Crippen LogP contribution in [-0.2, 0) is 9.31 Å². The molecule has 2 nitrogen and oxygen atoms in total. The van der Waals surface area contributed by atoms with E-state index in [1.165, 1.54) is 22.2 Å². The summed E-state index contributed by atoms with van der Waals surface area (Å²) in [6.07, 6.45) is 6.11. The summed E-state index contributed by atoms with van der Waals surface area (Å²) in [5.41, 5.74) is 4.23. The molecule has 4 heteroatoms. The maximum atomic E-state index is 6.39. The Hall–Kier alpha value is -1.62. The molecule has 0 N–H and O–H groups in total. The largest absolute Gasteiger partial charge is 0.490 e. The quantitative estimate of drug-likeness (QED) is 0.426. The first-order chi connectivity index (χ1) is 13.7. The van der Waals surface area contributed by atoms with Crippen molar-refractivity contribution in [3.8, 4) is 0 Å². The Morgan fingerprint density at radius 3 is 2.07 bits per heavy atom. The zero-order valence-corrected chi connectivity index (χ0v) is 19.6. The van der Waals surface area contributed by atoms with Crippen LogP contribution in [0.25, 0.3) is 11.6 Å². The lowest BCUT2D eigenvalue weighted by Crippen LogP contribution is -2.41. The molecule has 0 radical (unpaired) electrons. The van der Waals surface area contributed by atoms with Crippen molar-refractivity contribution in [1.82, 2.24) is 0 Å². The molecule has 0 aromatic heterocycles. The zero-order chi connectivity index (χ0) is 21.1. The molecule has 1 aliphatic rings. The molecule has 29 heavy (non-hydrogen) atoms. The molecule has 1 heterocycles. The number of benzene rings is 2. The van der Waals surface area contributed by atoms with Crippen LogP contribution in [0.5, 0.6) is 0 Å². The Morgan fingerprint density at radius 1 is 0.931 bits per heavy atom. The van der Waals surface area contributed by atoms with Crippen molar-refractivity contribution in [2.45, 2.75) is 58.7 Å². The molecule has 0 aliphatic carbocycles. The minimum absolute atomic E-state index is 0.318. The molecule has 0 amide bonds. The number of halogens is 1. The van der Waals surface area contributed by atoms with Gasteiger partial charge in [0.1, 0.15) is 0 Å². The molecule has 1 saturated heterocycles. The maximum absolute atomic E-state index is 6.39. The van der Waals surface area contributed by atoms with Crippen molar-refractivity contribution in [1.29, 1.82) is 0 Å². The summed E-state index contributed by atoms with van der Waals surface area (Å²) in [5, 5.41) is 0. The fourth-order valence-corrected chi connectivity index (χ4v) is 3.73. The molecule has 2 aromatic carbocycles. The monoisotopic (exact) mass is 452 g/mol. The van der Waals surface area contributed by atoms with Gasteiger partial charge in [-0.05, 0) is 74.8 Å². The van der Waals surface area contributed by atoms with Crippen molar-refractivity contribution >= 4 is 34.7 Å². The van der Waals surface area contributed by atoms with E-state index in [2.05, 4.69) is 117 Å². The number of allylic oxidation sites excluding steroid dienone is 3. The minimum Gasteiger partial charge on any atom is -0.400 e. The van der Waals surface area contributed by atoms with Gasteiger partial charge < -0.3 is 9.31 Å². The van der Waals surface area contributed by atoms with Crippen LogP contribution in [0, 0.1) is 0 Å². The fraction of sp³-hybridized carbons (Fsp3) is 0.360. The Balaban J connectivity index is 1.94. The van der Waals surface area contributed by atoms with E-state index in [1.807, 2.05) is 0 Å². The summed E-state index contributed by atoms with van der Waals surface area (Å²) in [6.45, 7) is 10.6. The van der Waals surface area contributed by atoms with Crippen LogP contribution in [0.1, 0.15) is 58.6 Å². The highest BCUT2D eigenvalue weighted by molar-refractivity contribution is 9.10. The Morgan fingerprint density at radius 2 is 1.52 bits per heavy atom. The third kappa shape index (κ3) is 5.11. The van der Waals surface area contributed by atoms with Crippen LogP contribution < -0.4 is 0 Å². The van der Waals surface area contributed by atoms with E-state index in [-0.39, 0.29) is 18.3 Å². The molecular weight excluding hydrogens is 423 g/mol. The van der Waals surface area contributed by atoms with Crippen LogP contribution in [-0.4, -0.2) is 18.3 Å². The molecular formula is C25H30BBrO2. The third-order valence-electron chi connectivity index (χ3n) is 5.93. The third-order valence-corrected chi connectivity index (χ3v) is 6.46. The lowest BCUT2D eigenvalue weighted by atomic mass is 9.71. The molecule has 0 bridgehead atoms. The molecule has 0 saturated carbocycles. The lowest BCUT2D eigenvalue weighted by molar-refractivity contribution is 0.00578. The van der Waals surface area contributed by atoms with E-state index in [9.17, 15) is 0 Å². The van der Waals surface area contributed by atoms with Gasteiger partial charge >= 0.3 is 7.12 Å². The molecule has 0 unspecified atom stereocenters. The zero-order valence-electron chi connectivity index (χ0n) is 18.0. The first-order valence-corrected chi connectivity index (χ1v) is 11.1. The van der Waals surface area contributed by atoms with Gasteiger partial charge in [-0.3, -0.25) is 0 Å². The smallest absolute Gasteiger partial charge is 0.400 e. The van der Waals surface area contributed by atoms with E-state index in [1.54, 1.807) is 0 Å². The SMILES string of the molecule is CC/C(B1OC(C)(C)C(C)(C)O1)=C(/C/C=C/c1ccc(Br)cc1)c1ccccc1. The summed E-state index contributed by atoms with van der Waals surface area (Å²) in [7, 11) is -0.318.